The number of hydrogen-bond acceptors (Lipinski definition) is 5. The standard InChI is InChI=1S/C28H37N3OS/c1-22-10-5-6-11-23(22)28(30(3)4)16-19-31(20-17-28)24-12-7-8-13-25(24)32-26(15-18-29-2)27-14-9-21-33-27/h5-14,21,26,29H,15-20H2,1-4H3/t26-/m0/s1. The van der Waals surface area contributed by atoms with Crippen molar-refractivity contribution in [1.82, 2.24) is 10.2 Å². The van der Waals surface area contributed by atoms with Crippen LogP contribution in [0.25, 0.3) is 0 Å². The third-order valence-corrected chi connectivity index (χ3v) is 8.05. The molecule has 1 aliphatic rings. The van der Waals surface area contributed by atoms with Gasteiger partial charge in [0.2, 0.25) is 0 Å². The number of piperidine rings is 1. The summed E-state index contributed by atoms with van der Waals surface area (Å²) in [6, 6.07) is 21.7. The first-order valence-corrected chi connectivity index (χ1v) is 12.9. The minimum atomic E-state index is 0.0659. The van der Waals surface area contributed by atoms with Gasteiger partial charge in [0.05, 0.1) is 5.69 Å². The fourth-order valence-corrected chi connectivity index (χ4v) is 5.94. The van der Waals surface area contributed by atoms with Crippen LogP contribution in [0, 0.1) is 6.92 Å². The average Bonchev–Trinajstić information content (AvgIpc) is 3.37. The highest BCUT2D eigenvalue weighted by Gasteiger charge is 2.39. The van der Waals surface area contributed by atoms with Gasteiger partial charge in [-0.1, -0.05) is 42.5 Å². The number of anilines is 1. The third-order valence-electron chi connectivity index (χ3n) is 7.09. The van der Waals surface area contributed by atoms with Crippen molar-refractivity contribution in [3.8, 4) is 5.75 Å². The lowest BCUT2D eigenvalue weighted by atomic mass is 9.78. The first-order chi connectivity index (χ1) is 16.0. The van der Waals surface area contributed by atoms with Crippen molar-refractivity contribution < 1.29 is 4.74 Å². The number of benzene rings is 2. The Kier molecular flexibility index (Phi) is 7.74. The highest BCUT2D eigenvalue weighted by atomic mass is 32.1. The highest BCUT2D eigenvalue weighted by Crippen LogP contribution is 2.42. The normalized spacial score (nSPS) is 16.7. The van der Waals surface area contributed by atoms with E-state index in [0.717, 1.165) is 44.6 Å². The maximum Gasteiger partial charge on any atom is 0.143 e. The zero-order valence-electron chi connectivity index (χ0n) is 20.4. The van der Waals surface area contributed by atoms with Gasteiger partial charge in [-0.15, -0.1) is 11.3 Å². The third kappa shape index (κ3) is 5.11. The molecule has 1 fully saturated rings. The van der Waals surface area contributed by atoms with Crippen LogP contribution in [0.15, 0.2) is 66.0 Å². The summed E-state index contributed by atoms with van der Waals surface area (Å²) in [6.45, 7) is 5.18. The number of para-hydroxylation sites is 2. The molecule has 1 aliphatic heterocycles. The number of ether oxygens (including phenoxy) is 1. The lowest BCUT2D eigenvalue weighted by Crippen LogP contribution is -2.51. The second kappa shape index (κ2) is 10.7. The molecule has 0 unspecified atom stereocenters. The molecule has 1 aromatic heterocycles. The molecule has 33 heavy (non-hydrogen) atoms. The number of nitrogens with one attached hydrogen (secondary N) is 1. The number of nitrogens with zero attached hydrogens (tertiary/aromatic N) is 2. The van der Waals surface area contributed by atoms with Gasteiger partial charge in [0.1, 0.15) is 11.9 Å². The van der Waals surface area contributed by atoms with Gasteiger partial charge in [0, 0.05) is 29.9 Å². The average molecular weight is 464 g/mol. The topological polar surface area (TPSA) is 27.7 Å². The van der Waals surface area contributed by atoms with E-state index < -0.39 is 0 Å². The summed E-state index contributed by atoms with van der Waals surface area (Å²) in [7, 11) is 6.46. The molecule has 0 saturated carbocycles. The molecule has 2 heterocycles. The van der Waals surface area contributed by atoms with Crippen LogP contribution in [-0.4, -0.2) is 45.7 Å². The monoisotopic (exact) mass is 463 g/mol. The van der Waals surface area contributed by atoms with E-state index in [1.165, 1.54) is 21.7 Å². The Labute approximate surface area is 203 Å². The Balaban J connectivity index is 1.55. The summed E-state index contributed by atoms with van der Waals surface area (Å²) in [5, 5.41) is 5.41. The van der Waals surface area contributed by atoms with Crippen molar-refractivity contribution in [3.05, 3.63) is 82.0 Å². The number of hydrogen-bond donors (Lipinski definition) is 1. The molecule has 0 bridgehead atoms. The molecule has 0 aliphatic carbocycles. The van der Waals surface area contributed by atoms with Crippen LogP contribution in [0.5, 0.6) is 5.75 Å². The Hall–Kier alpha value is -2.34. The van der Waals surface area contributed by atoms with Gasteiger partial charge in [0.25, 0.3) is 0 Å². The SMILES string of the molecule is CNCC[C@H](Oc1ccccc1N1CCC(c2ccccc2C)(N(C)C)CC1)c1cccs1. The Morgan fingerprint density at radius 1 is 1.03 bits per heavy atom. The first-order valence-electron chi connectivity index (χ1n) is 12.0. The smallest absolute Gasteiger partial charge is 0.143 e. The van der Waals surface area contributed by atoms with Crippen molar-refractivity contribution >= 4 is 17.0 Å². The van der Waals surface area contributed by atoms with E-state index in [0.29, 0.717) is 0 Å². The summed E-state index contributed by atoms with van der Waals surface area (Å²) >= 11 is 1.77. The summed E-state index contributed by atoms with van der Waals surface area (Å²) in [4.78, 5) is 6.23. The van der Waals surface area contributed by atoms with E-state index >= 15 is 0 Å². The molecule has 176 valence electrons. The van der Waals surface area contributed by atoms with Gasteiger partial charge in [-0.3, -0.25) is 4.90 Å². The summed E-state index contributed by atoms with van der Waals surface area (Å²) in [5.74, 6) is 0.986. The molecule has 1 atom stereocenters. The van der Waals surface area contributed by atoms with E-state index in [9.17, 15) is 0 Å². The van der Waals surface area contributed by atoms with Crippen LogP contribution in [0.2, 0.25) is 0 Å². The minimum Gasteiger partial charge on any atom is -0.483 e. The molecule has 5 heteroatoms. The Morgan fingerprint density at radius 3 is 2.42 bits per heavy atom. The van der Waals surface area contributed by atoms with Crippen LogP contribution in [0.1, 0.15) is 41.4 Å². The highest BCUT2D eigenvalue weighted by molar-refractivity contribution is 7.10. The van der Waals surface area contributed by atoms with Crippen LogP contribution in [0.4, 0.5) is 5.69 Å². The zero-order chi connectivity index (χ0) is 23.3. The molecule has 4 nitrogen and oxygen atoms in total. The van der Waals surface area contributed by atoms with Gasteiger partial charge in [-0.2, -0.15) is 0 Å². The predicted molar refractivity (Wildman–Crippen MR) is 141 cm³/mol. The minimum absolute atomic E-state index is 0.0659. The Bertz CT molecular complexity index is 1010. The van der Waals surface area contributed by atoms with Crippen LogP contribution < -0.4 is 15.0 Å². The second-order valence-electron chi connectivity index (χ2n) is 9.21. The van der Waals surface area contributed by atoms with E-state index in [-0.39, 0.29) is 11.6 Å². The summed E-state index contributed by atoms with van der Waals surface area (Å²) < 4.78 is 6.67. The molecule has 0 amide bonds. The fourth-order valence-electron chi connectivity index (χ4n) is 5.15. The van der Waals surface area contributed by atoms with E-state index in [1.54, 1.807) is 11.3 Å². The summed E-state index contributed by atoms with van der Waals surface area (Å²) in [6.07, 6.45) is 3.19. The first kappa shape index (κ1) is 23.8. The van der Waals surface area contributed by atoms with Crippen molar-refractivity contribution in [2.24, 2.45) is 0 Å². The van der Waals surface area contributed by atoms with Crippen molar-refractivity contribution in [2.45, 2.75) is 37.8 Å². The maximum absolute atomic E-state index is 6.67. The van der Waals surface area contributed by atoms with Gasteiger partial charge < -0.3 is 15.0 Å². The molecule has 0 radical (unpaired) electrons. The van der Waals surface area contributed by atoms with Gasteiger partial charge in [-0.05, 0) is 82.2 Å². The fraction of sp³-hybridized carbons (Fsp3) is 0.429. The van der Waals surface area contributed by atoms with Gasteiger partial charge in [0.15, 0.2) is 0 Å². The van der Waals surface area contributed by atoms with Crippen molar-refractivity contribution in [3.63, 3.8) is 0 Å². The van der Waals surface area contributed by atoms with Crippen LogP contribution in [0.3, 0.4) is 0 Å². The number of thiophene rings is 1. The molecular weight excluding hydrogens is 426 g/mol. The van der Waals surface area contributed by atoms with Crippen molar-refractivity contribution in [2.75, 3.05) is 45.7 Å². The molecular formula is C28H37N3OS. The van der Waals surface area contributed by atoms with Crippen LogP contribution in [-0.2, 0) is 5.54 Å². The zero-order valence-corrected chi connectivity index (χ0v) is 21.2. The molecule has 3 aromatic rings. The van der Waals surface area contributed by atoms with E-state index in [2.05, 4.69) is 102 Å². The largest absolute Gasteiger partial charge is 0.483 e. The maximum atomic E-state index is 6.67. The molecule has 1 N–H and O–H groups in total. The Morgan fingerprint density at radius 2 is 1.76 bits per heavy atom. The molecule has 2 aromatic carbocycles. The predicted octanol–water partition coefficient (Wildman–Crippen LogP) is 5.84. The second-order valence-corrected chi connectivity index (χ2v) is 10.2. The molecule has 4 rings (SSSR count). The van der Waals surface area contributed by atoms with E-state index in [4.69, 9.17) is 4.74 Å². The van der Waals surface area contributed by atoms with Gasteiger partial charge >= 0.3 is 0 Å². The molecule has 0 spiro atoms. The lowest BCUT2D eigenvalue weighted by molar-refractivity contribution is 0.114. The lowest BCUT2D eigenvalue weighted by Gasteiger charge is -2.48. The molecule has 1 saturated heterocycles. The van der Waals surface area contributed by atoms with Crippen molar-refractivity contribution in [1.29, 1.82) is 0 Å². The van der Waals surface area contributed by atoms with E-state index in [1.807, 2.05) is 7.05 Å². The number of aryl methyl sites for hydroxylation is 1. The quantitative estimate of drug-likeness (QED) is 0.431. The van der Waals surface area contributed by atoms with Crippen LogP contribution >= 0.6 is 11.3 Å². The number of rotatable bonds is 9. The summed E-state index contributed by atoms with van der Waals surface area (Å²) in [5.41, 5.74) is 4.13. The van der Waals surface area contributed by atoms with Gasteiger partial charge in [-0.25, -0.2) is 0 Å².